The van der Waals surface area contributed by atoms with Crippen molar-refractivity contribution >= 4 is 40.1 Å². The molecule has 4 aromatic rings. The highest BCUT2D eigenvalue weighted by Gasteiger charge is 2.24. The Morgan fingerprint density at radius 1 is 0.898 bits per heavy atom. The molecule has 7 rings (SSSR count). The van der Waals surface area contributed by atoms with Crippen molar-refractivity contribution in [3.63, 3.8) is 0 Å². The molecule has 2 aliphatic heterocycles. The standard InChI is InChI=1S/C41H44ClN3O4/c42-33-15-12-28(13-16-33)23-34(43-41(48)39-26-37(46)35-25-31(14-17-38(35)49-39)30-7-1-2-8-30)24-29-18-21-44(22-19-29)36-10-4-3-9-32(36)27-45-20-6-5-11-40(45)47/h3-4,9-10,12-17,24-26,30,34H,1-2,5-8,11,18-23,27H2,(H,43,48)/t34-/m1/s1. The van der Waals surface area contributed by atoms with E-state index < -0.39 is 5.91 Å². The number of rotatable bonds is 9. The monoisotopic (exact) mass is 677 g/mol. The van der Waals surface area contributed by atoms with Gasteiger partial charge in [0, 0.05) is 49.4 Å². The summed E-state index contributed by atoms with van der Waals surface area (Å²) < 4.78 is 6.03. The fourth-order valence-corrected chi connectivity index (χ4v) is 7.86. The second-order valence-electron chi connectivity index (χ2n) is 13.8. The van der Waals surface area contributed by atoms with Crippen molar-refractivity contribution in [1.29, 1.82) is 0 Å². The van der Waals surface area contributed by atoms with Gasteiger partial charge in [0.1, 0.15) is 5.58 Å². The van der Waals surface area contributed by atoms with E-state index in [0.29, 0.717) is 41.3 Å². The van der Waals surface area contributed by atoms with Crippen LogP contribution in [0, 0.1) is 0 Å². The lowest BCUT2D eigenvalue weighted by molar-refractivity contribution is -0.133. The van der Waals surface area contributed by atoms with Gasteiger partial charge < -0.3 is 19.5 Å². The average molecular weight is 678 g/mol. The van der Waals surface area contributed by atoms with E-state index in [1.165, 1.54) is 41.3 Å². The van der Waals surface area contributed by atoms with E-state index >= 15 is 0 Å². The zero-order valence-corrected chi connectivity index (χ0v) is 28.7. The number of nitrogens with zero attached hydrogens (tertiary/aromatic N) is 2. The summed E-state index contributed by atoms with van der Waals surface area (Å²) >= 11 is 6.17. The number of nitrogens with one attached hydrogen (secondary N) is 1. The highest BCUT2D eigenvalue weighted by Crippen LogP contribution is 2.35. The Hall–Kier alpha value is -4.36. The zero-order valence-electron chi connectivity index (χ0n) is 28.0. The molecule has 49 heavy (non-hydrogen) atoms. The molecular weight excluding hydrogens is 634 g/mol. The molecule has 3 aromatic carbocycles. The van der Waals surface area contributed by atoms with E-state index in [2.05, 4.69) is 40.6 Å². The molecular formula is C41H44ClN3O4. The van der Waals surface area contributed by atoms with Crippen LogP contribution in [0.1, 0.15) is 91.0 Å². The van der Waals surface area contributed by atoms with Gasteiger partial charge in [-0.2, -0.15) is 0 Å². The number of benzene rings is 3. The molecule has 2 saturated heterocycles. The number of likely N-dealkylation sites (tertiary alicyclic amines) is 1. The first-order chi connectivity index (χ1) is 23.9. The largest absolute Gasteiger partial charge is 0.451 e. The van der Waals surface area contributed by atoms with Gasteiger partial charge in [0.2, 0.25) is 5.91 Å². The summed E-state index contributed by atoms with van der Waals surface area (Å²) in [5.41, 5.74) is 6.11. The van der Waals surface area contributed by atoms with Crippen molar-refractivity contribution in [3.8, 4) is 0 Å². The van der Waals surface area contributed by atoms with Gasteiger partial charge in [-0.3, -0.25) is 14.4 Å². The van der Waals surface area contributed by atoms with Gasteiger partial charge in [0.25, 0.3) is 5.91 Å². The van der Waals surface area contributed by atoms with Crippen molar-refractivity contribution in [3.05, 3.63) is 122 Å². The van der Waals surface area contributed by atoms with Gasteiger partial charge in [-0.15, -0.1) is 0 Å². The lowest BCUT2D eigenvalue weighted by Gasteiger charge is -2.34. The third-order valence-electron chi connectivity index (χ3n) is 10.4. The summed E-state index contributed by atoms with van der Waals surface area (Å²) in [7, 11) is 0. The van der Waals surface area contributed by atoms with Crippen LogP contribution < -0.4 is 15.6 Å². The molecule has 1 atom stereocenters. The molecule has 1 N–H and O–H groups in total. The summed E-state index contributed by atoms with van der Waals surface area (Å²) in [4.78, 5) is 43.8. The van der Waals surface area contributed by atoms with Crippen LogP contribution in [-0.2, 0) is 17.8 Å². The topological polar surface area (TPSA) is 82.9 Å². The summed E-state index contributed by atoms with van der Waals surface area (Å²) in [6, 6.07) is 22.9. The first-order valence-corrected chi connectivity index (χ1v) is 18.2. The van der Waals surface area contributed by atoms with Crippen LogP contribution in [0.5, 0.6) is 0 Å². The molecule has 1 aliphatic carbocycles. The maximum absolute atomic E-state index is 13.6. The lowest BCUT2D eigenvalue weighted by atomic mass is 9.96. The number of anilines is 1. The fourth-order valence-electron chi connectivity index (χ4n) is 7.74. The second-order valence-corrected chi connectivity index (χ2v) is 14.3. The van der Waals surface area contributed by atoms with Crippen LogP contribution in [0.2, 0.25) is 5.02 Å². The minimum atomic E-state index is -0.409. The number of hydrogen-bond acceptors (Lipinski definition) is 5. The van der Waals surface area contributed by atoms with Gasteiger partial charge in [-0.05, 0) is 97.9 Å². The Bertz CT molecular complexity index is 1900. The quantitative estimate of drug-likeness (QED) is 0.181. The molecule has 3 aliphatic rings. The number of halogens is 1. The Morgan fingerprint density at radius 2 is 1.67 bits per heavy atom. The van der Waals surface area contributed by atoms with Crippen molar-refractivity contribution in [1.82, 2.24) is 10.2 Å². The average Bonchev–Trinajstić information content (AvgIpc) is 3.66. The Labute approximate surface area is 292 Å². The number of carbonyl (C=O) groups excluding carboxylic acids is 2. The van der Waals surface area contributed by atoms with Crippen molar-refractivity contribution < 1.29 is 14.0 Å². The van der Waals surface area contributed by atoms with Crippen LogP contribution in [0.15, 0.2) is 93.7 Å². The summed E-state index contributed by atoms with van der Waals surface area (Å²) in [5, 5.41) is 4.35. The second kappa shape index (κ2) is 15.0. The Balaban J connectivity index is 1.07. The van der Waals surface area contributed by atoms with Crippen LogP contribution in [-0.4, -0.2) is 42.4 Å². The summed E-state index contributed by atoms with van der Waals surface area (Å²) in [6.07, 6.45) is 11.9. The lowest BCUT2D eigenvalue weighted by Crippen LogP contribution is -2.37. The van der Waals surface area contributed by atoms with Crippen LogP contribution in [0.4, 0.5) is 5.69 Å². The van der Waals surface area contributed by atoms with Gasteiger partial charge in [0.15, 0.2) is 11.2 Å². The molecule has 2 amide bonds. The smallest absolute Gasteiger partial charge is 0.287 e. The summed E-state index contributed by atoms with van der Waals surface area (Å²) in [5.74, 6) is 0.341. The van der Waals surface area contributed by atoms with Crippen molar-refractivity contribution in [2.45, 2.75) is 82.7 Å². The van der Waals surface area contributed by atoms with Crippen LogP contribution >= 0.6 is 11.6 Å². The Kier molecular flexibility index (Phi) is 10.2. The molecule has 3 heterocycles. The van der Waals surface area contributed by atoms with Gasteiger partial charge in [-0.25, -0.2) is 0 Å². The van der Waals surface area contributed by atoms with E-state index in [-0.39, 0.29) is 23.1 Å². The molecule has 0 radical (unpaired) electrons. The maximum atomic E-state index is 13.6. The first kappa shape index (κ1) is 33.2. The number of amides is 2. The zero-order chi connectivity index (χ0) is 33.7. The maximum Gasteiger partial charge on any atom is 0.287 e. The minimum absolute atomic E-state index is 0.0178. The number of hydrogen-bond donors (Lipinski definition) is 1. The summed E-state index contributed by atoms with van der Waals surface area (Å²) in [6.45, 7) is 3.17. The van der Waals surface area contributed by atoms with E-state index in [9.17, 15) is 14.4 Å². The normalized spacial score (nSPS) is 17.8. The van der Waals surface area contributed by atoms with E-state index in [0.717, 1.165) is 63.7 Å². The number of piperidine rings is 2. The molecule has 1 saturated carbocycles. The molecule has 254 valence electrons. The molecule has 0 bridgehead atoms. The number of carbonyl (C=O) groups is 2. The van der Waals surface area contributed by atoms with Gasteiger partial charge in [0.05, 0.1) is 11.4 Å². The highest BCUT2D eigenvalue weighted by atomic mass is 35.5. The van der Waals surface area contributed by atoms with E-state index in [4.69, 9.17) is 16.0 Å². The molecule has 1 aromatic heterocycles. The number of para-hydroxylation sites is 1. The van der Waals surface area contributed by atoms with E-state index in [1.54, 1.807) is 0 Å². The van der Waals surface area contributed by atoms with E-state index in [1.807, 2.05) is 47.4 Å². The SMILES string of the molecule is O=C(N[C@@H](C=C1CCN(c2ccccc2CN2CCCCC2=O)CC1)Cc1ccc(Cl)cc1)c1cc(=O)c2cc(C3CCCC3)ccc2o1. The highest BCUT2D eigenvalue weighted by molar-refractivity contribution is 6.30. The third-order valence-corrected chi connectivity index (χ3v) is 10.7. The van der Waals surface area contributed by atoms with Crippen molar-refractivity contribution in [2.75, 3.05) is 24.5 Å². The minimum Gasteiger partial charge on any atom is -0.451 e. The molecule has 8 heteroatoms. The third kappa shape index (κ3) is 7.94. The van der Waals surface area contributed by atoms with Gasteiger partial charge >= 0.3 is 0 Å². The number of fused-ring (bicyclic) bond motifs is 1. The van der Waals surface area contributed by atoms with Gasteiger partial charge in [-0.1, -0.05) is 72.5 Å². The molecule has 3 fully saturated rings. The first-order valence-electron chi connectivity index (χ1n) is 17.8. The molecule has 0 unspecified atom stereocenters. The molecule has 0 spiro atoms. The predicted molar refractivity (Wildman–Crippen MR) is 195 cm³/mol. The van der Waals surface area contributed by atoms with Crippen LogP contribution in [0.3, 0.4) is 0 Å². The fraction of sp³-hybridized carbons (Fsp3) is 0.390. The Morgan fingerprint density at radius 3 is 2.45 bits per heavy atom. The predicted octanol–water partition coefficient (Wildman–Crippen LogP) is 8.18. The molecule has 7 nitrogen and oxygen atoms in total. The van der Waals surface area contributed by atoms with Crippen molar-refractivity contribution in [2.24, 2.45) is 0 Å². The van der Waals surface area contributed by atoms with Crippen LogP contribution in [0.25, 0.3) is 11.0 Å².